The van der Waals surface area contributed by atoms with E-state index in [2.05, 4.69) is 10.4 Å². The monoisotopic (exact) mass is 347 g/mol. The molecule has 0 spiro atoms. The lowest BCUT2D eigenvalue weighted by Gasteiger charge is -2.22. The fraction of sp³-hybridized carbons (Fsp3) is 0.412. The van der Waals surface area contributed by atoms with Gasteiger partial charge in [0.05, 0.1) is 18.1 Å². The molecule has 1 fully saturated rings. The molecule has 0 aliphatic carbocycles. The van der Waals surface area contributed by atoms with Crippen LogP contribution in [0.5, 0.6) is 0 Å². The van der Waals surface area contributed by atoms with Crippen molar-refractivity contribution >= 4 is 15.7 Å². The maximum atomic E-state index is 12.3. The van der Waals surface area contributed by atoms with Gasteiger partial charge in [-0.1, -0.05) is 12.1 Å². The van der Waals surface area contributed by atoms with Gasteiger partial charge in [0, 0.05) is 24.5 Å². The van der Waals surface area contributed by atoms with Gasteiger partial charge in [-0.05, 0) is 42.5 Å². The number of carbonyl (C=O) groups excluding carboxylic acids is 1. The Labute approximate surface area is 141 Å². The van der Waals surface area contributed by atoms with E-state index in [1.165, 1.54) is 0 Å². The topological polar surface area (TPSA) is 81.1 Å². The van der Waals surface area contributed by atoms with Crippen molar-refractivity contribution in [2.24, 2.45) is 5.92 Å². The molecule has 1 saturated heterocycles. The van der Waals surface area contributed by atoms with Gasteiger partial charge in [-0.2, -0.15) is 5.10 Å². The molecule has 3 rings (SSSR count). The van der Waals surface area contributed by atoms with Crippen molar-refractivity contribution in [3.8, 4) is 0 Å². The number of nitrogens with zero attached hydrogens (tertiary/aromatic N) is 2. The van der Waals surface area contributed by atoms with E-state index in [0.717, 1.165) is 5.56 Å². The maximum Gasteiger partial charge on any atom is 0.251 e. The molecule has 6 nitrogen and oxygen atoms in total. The lowest BCUT2D eigenvalue weighted by Crippen LogP contribution is -2.34. The van der Waals surface area contributed by atoms with Crippen molar-refractivity contribution in [1.29, 1.82) is 0 Å². The lowest BCUT2D eigenvalue weighted by atomic mass is 10.0. The smallest absolute Gasteiger partial charge is 0.251 e. The summed E-state index contributed by atoms with van der Waals surface area (Å²) in [5.74, 6) is 0.579. The van der Waals surface area contributed by atoms with Gasteiger partial charge in [-0.25, -0.2) is 8.42 Å². The predicted octanol–water partition coefficient (Wildman–Crippen LogP) is 1.49. The Bertz CT molecular complexity index is 786. The summed E-state index contributed by atoms with van der Waals surface area (Å²) in [6, 6.07) is 9.34. The Hall–Kier alpha value is -2.15. The highest BCUT2D eigenvalue weighted by atomic mass is 32.2. The van der Waals surface area contributed by atoms with E-state index < -0.39 is 9.84 Å². The molecule has 2 heterocycles. The number of nitrogens with one attached hydrogen (secondary N) is 1. The van der Waals surface area contributed by atoms with E-state index in [1.54, 1.807) is 16.9 Å². The Morgan fingerprint density at radius 3 is 2.75 bits per heavy atom. The zero-order valence-electron chi connectivity index (χ0n) is 13.4. The first-order chi connectivity index (χ1) is 11.5. The average molecular weight is 347 g/mol. The molecule has 0 unspecified atom stereocenters. The van der Waals surface area contributed by atoms with Gasteiger partial charge in [0.2, 0.25) is 0 Å². The summed E-state index contributed by atoms with van der Waals surface area (Å²) in [5, 5.41) is 7.09. The second-order valence-corrected chi connectivity index (χ2v) is 8.51. The molecule has 0 bridgehead atoms. The SMILES string of the molecule is O=C(NCC1CCS(=O)(=O)CC1)c1cccc(Cn2cccn2)c1. The first-order valence-corrected chi connectivity index (χ1v) is 9.89. The second-order valence-electron chi connectivity index (χ2n) is 6.21. The lowest BCUT2D eigenvalue weighted by molar-refractivity contribution is 0.0946. The van der Waals surface area contributed by atoms with Crippen LogP contribution in [0.1, 0.15) is 28.8 Å². The standard InChI is InChI=1S/C17H21N3O3S/c21-17(18-12-14-5-9-24(22,23)10-6-14)16-4-1-3-15(11-16)13-20-8-2-7-19-20/h1-4,7-8,11,14H,5-6,9-10,12-13H2,(H,18,21). The van der Waals surface area contributed by atoms with Gasteiger partial charge >= 0.3 is 0 Å². The van der Waals surface area contributed by atoms with Crippen LogP contribution < -0.4 is 5.32 Å². The molecule has 1 aliphatic rings. The van der Waals surface area contributed by atoms with Crippen molar-refractivity contribution in [2.45, 2.75) is 19.4 Å². The van der Waals surface area contributed by atoms with E-state index in [1.807, 2.05) is 30.5 Å². The minimum absolute atomic E-state index is 0.120. The van der Waals surface area contributed by atoms with Crippen molar-refractivity contribution in [3.63, 3.8) is 0 Å². The summed E-state index contributed by atoms with van der Waals surface area (Å²) in [6.07, 6.45) is 4.86. The Morgan fingerprint density at radius 2 is 2.04 bits per heavy atom. The van der Waals surface area contributed by atoms with Gasteiger partial charge in [0.25, 0.3) is 5.91 Å². The van der Waals surface area contributed by atoms with Gasteiger partial charge < -0.3 is 5.32 Å². The normalized spacial score (nSPS) is 17.5. The maximum absolute atomic E-state index is 12.3. The molecule has 1 aromatic heterocycles. The predicted molar refractivity (Wildman–Crippen MR) is 91.5 cm³/mol. The fourth-order valence-corrected chi connectivity index (χ4v) is 4.46. The van der Waals surface area contributed by atoms with Crippen LogP contribution in [0.2, 0.25) is 0 Å². The van der Waals surface area contributed by atoms with Crippen molar-refractivity contribution in [3.05, 3.63) is 53.9 Å². The molecule has 7 heteroatoms. The third-order valence-electron chi connectivity index (χ3n) is 4.32. The first kappa shape index (κ1) is 16.7. The Balaban J connectivity index is 1.55. The highest BCUT2D eigenvalue weighted by Gasteiger charge is 2.23. The highest BCUT2D eigenvalue weighted by molar-refractivity contribution is 7.91. The Kier molecular flexibility index (Phi) is 4.99. The van der Waals surface area contributed by atoms with Crippen LogP contribution >= 0.6 is 0 Å². The van der Waals surface area contributed by atoms with Crippen LogP contribution in [0.4, 0.5) is 0 Å². The molecule has 0 atom stereocenters. The molecule has 24 heavy (non-hydrogen) atoms. The second kappa shape index (κ2) is 7.17. The highest BCUT2D eigenvalue weighted by Crippen LogP contribution is 2.18. The van der Waals surface area contributed by atoms with E-state index in [4.69, 9.17) is 0 Å². The van der Waals surface area contributed by atoms with Crippen LogP contribution in [0.25, 0.3) is 0 Å². The molecule has 1 aliphatic heterocycles. The van der Waals surface area contributed by atoms with Crippen LogP contribution in [-0.2, 0) is 16.4 Å². The number of hydrogen-bond donors (Lipinski definition) is 1. The van der Waals surface area contributed by atoms with Crippen molar-refractivity contribution in [1.82, 2.24) is 15.1 Å². The van der Waals surface area contributed by atoms with Crippen LogP contribution in [0.15, 0.2) is 42.7 Å². The van der Waals surface area contributed by atoms with Crippen LogP contribution in [0, 0.1) is 5.92 Å². The first-order valence-electron chi connectivity index (χ1n) is 8.07. The average Bonchev–Trinajstić information content (AvgIpc) is 3.07. The number of hydrogen-bond acceptors (Lipinski definition) is 4. The van der Waals surface area contributed by atoms with Gasteiger partial charge in [0.1, 0.15) is 9.84 Å². The van der Waals surface area contributed by atoms with Crippen LogP contribution in [-0.4, -0.2) is 42.2 Å². The largest absolute Gasteiger partial charge is 0.352 e. The summed E-state index contributed by atoms with van der Waals surface area (Å²) in [7, 11) is -2.86. The number of carbonyl (C=O) groups is 1. The minimum atomic E-state index is -2.86. The number of amides is 1. The van der Waals surface area contributed by atoms with Gasteiger partial charge in [-0.15, -0.1) is 0 Å². The Morgan fingerprint density at radius 1 is 1.25 bits per heavy atom. The fourth-order valence-electron chi connectivity index (χ4n) is 2.87. The molecule has 2 aromatic rings. The zero-order chi connectivity index (χ0) is 17.0. The molecule has 1 aromatic carbocycles. The number of aromatic nitrogens is 2. The van der Waals surface area contributed by atoms with Crippen LogP contribution in [0.3, 0.4) is 0 Å². The molecule has 0 radical (unpaired) electrons. The number of benzene rings is 1. The molecule has 1 N–H and O–H groups in total. The summed E-state index contributed by atoms with van der Waals surface area (Å²) in [4.78, 5) is 12.3. The van der Waals surface area contributed by atoms with E-state index in [-0.39, 0.29) is 23.3 Å². The van der Waals surface area contributed by atoms with E-state index >= 15 is 0 Å². The molecule has 0 saturated carbocycles. The van der Waals surface area contributed by atoms with Crippen molar-refractivity contribution in [2.75, 3.05) is 18.1 Å². The van der Waals surface area contributed by atoms with Gasteiger partial charge in [-0.3, -0.25) is 9.48 Å². The summed E-state index contributed by atoms with van der Waals surface area (Å²) in [5.41, 5.74) is 1.62. The molecule has 1 amide bonds. The number of sulfone groups is 1. The van der Waals surface area contributed by atoms with E-state index in [0.29, 0.717) is 31.5 Å². The van der Waals surface area contributed by atoms with Crippen molar-refractivity contribution < 1.29 is 13.2 Å². The molecular formula is C17H21N3O3S. The number of rotatable bonds is 5. The molecular weight excluding hydrogens is 326 g/mol. The van der Waals surface area contributed by atoms with E-state index in [9.17, 15) is 13.2 Å². The third-order valence-corrected chi connectivity index (χ3v) is 6.03. The zero-order valence-corrected chi connectivity index (χ0v) is 14.2. The quantitative estimate of drug-likeness (QED) is 0.888. The summed E-state index contributed by atoms with van der Waals surface area (Å²) < 4.78 is 24.7. The summed E-state index contributed by atoms with van der Waals surface area (Å²) >= 11 is 0. The van der Waals surface area contributed by atoms with Gasteiger partial charge in [0.15, 0.2) is 0 Å². The third kappa shape index (κ3) is 4.44. The molecule has 128 valence electrons. The minimum Gasteiger partial charge on any atom is -0.352 e. The summed E-state index contributed by atoms with van der Waals surface area (Å²) in [6.45, 7) is 1.15.